The summed E-state index contributed by atoms with van der Waals surface area (Å²) in [5.41, 5.74) is 1.75. The maximum absolute atomic E-state index is 6.02. The van der Waals surface area contributed by atoms with Crippen LogP contribution < -0.4 is 0 Å². The normalized spacial score (nSPS) is 20.4. The van der Waals surface area contributed by atoms with Crippen molar-refractivity contribution in [3.63, 3.8) is 0 Å². The van der Waals surface area contributed by atoms with Crippen molar-refractivity contribution in [1.82, 2.24) is 0 Å². The van der Waals surface area contributed by atoms with Crippen LogP contribution in [0.15, 0.2) is 41.9 Å². The van der Waals surface area contributed by atoms with Gasteiger partial charge in [0.2, 0.25) is 0 Å². The van der Waals surface area contributed by atoms with Crippen molar-refractivity contribution in [1.29, 1.82) is 0 Å². The Morgan fingerprint density at radius 1 is 1.09 bits per heavy atom. The summed E-state index contributed by atoms with van der Waals surface area (Å²) < 4.78 is 17.7. The van der Waals surface area contributed by atoms with Gasteiger partial charge in [-0.15, -0.1) is 0 Å². The molecule has 1 aromatic carbocycles. The van der Waals surface area contributed by atoms with E-state index in [1.807, 2.05) is 18.2 Å². The molecular weight excluding hydrogens is 275 g/mol. The predicted molar refractivity (Wildman–Crippen MR) is 90.6 cm³/mol. The molecule has 0 aliphatic carbocycles. The maximum Gasteiger partial charge on any atom is 0.489 e. The first kappa shape index (κ1) is 17.3. The van der Waals surface area contributed by atoms with Crippen LogP contribution in [-0.4, -0.2) is 24.9 Å². The summed E-state index contributed by atoms with van der Waals surface area (Å²) in [5, 5.41) is 0. The second kappa shape index (κ2) is 6.99. The van der Waals surface area contributed by atoms with Gasteiger partial charge in [0.25, 0.3) is 0 Å². The fourth-order valence-corrected chi connectivity index (χ4v) is 2.26. The zero-order chi connectivity index (χ0) is 16.2. The van der Waals surface area contributed by atoms with Crippen molar-refractivity contribution in [2.75, 3.05) is 6.61 Å². The van der Waals surface area contributed by atoms with E-state index in [2.05, 4.69) is 52.8 Å². The molecule has 0 radical (unpaired) electrons. The second-order valence-electron chi connectivity index (χ2n) is 6.86. The van der Waals surface area contributed by atoms with Crippen molar-refractivity contribution < 1.29 is 14.0 Å². The lowest BCUT2D eigenvalue weighted by atomic mass is 9.79. The summed E-state index contributed by atoms with van der Waals surface area (Å²) in [4.78, 5) is 0. The lowest BCUT2D eigenvalue weighted by Gasteiger charge is -2.32. The van der Waals surface area contributed by atoms with E-state index in [0.717, 1.165) is 11.9 Å². The van der Waals surface area contributed by atoms with E-state index < -0.39 is 0 Å². The number of rotatable bonds is 6. The lowest BCUT2D eigenvalue weighted by molar-refractivity contribution is 0.00578. The zero-order valence-electron chi connectivity index (χ0n) is 14.4. The van der Waals surface area contributed by atoms with Crippen molar-refractivity contribution in [2.24, 2.45) is 0 Å². The van der Waals surface area contributed by atoms with Crippen LogP contribution in [0.4, 0.5) is 0 Å². The van der Waals surface area contributed by atoms with E-state index in [9.17, 15) is 0 Å². The van der Waals surface area contributed by atoms with Crippen LogP contribution in [0.3, 0.4) is 0 Å². The van der Waals surface area contributed by atoms with Crippen molar-refractivity contribution >= 4 is 7.12 Å². The van der Waals surface area contributed by atoms with Crippen LogP contribution in [0.25, 0.3) is 0 Å². The molecule has 1 fully saturated rings. The van der Waals surface area contributed by atoms with Crippen molar-refractivity contribution in [3.05, 3.63) is 47.4 Å². The fraction of sp³-hybridized carbons (Fsp3) is 0.556. The minimum atomic E-state index is -0.281. The molecule has 0 unspecified atom stereocenters. The largest absolute Gasteiger partial charge is 0.489 e. The molecule has 0 aromatic heterocycles. The number of benzene rings is 1. The molecule has 0 spiro atoms. The molecular formula is C18H27BO3. The Balaban J connectivity index is 1.75. The van der Waals surface area contributed by atoms with Gasteiger partial charge in [0, 0.05) is 0 Å². The topological polar surface area (TPSA) is 27.7 Å². The first-order valence-corrected chi connectivity index (χ1v) is 7.96. The minimum absolute atomic E-state index is 0.251. The molecule has 1 heterocycles. The van der Waals surface area contributed by atoms with E-state index in [1.54, 1.807) is 0 Å². The second-order valence-corrected chi connectivity index (χ2v) is 6.86. The summed E-state index contributed by atoms with van der Waals surface area (Å²) in [7, 11) is -0.251. The minimum Gasteiger partial charge on any atom is -0.400 e. The Hall–Kier alpha value is -1.10. The zero-order valence-corrected chi connectivity index (χ0v) is 14.4. The third-order valence-electron chi connectivity index (χ3n) is 4.47. The average molecular weight is 302 g/mol. The molecule has 0 N–H and O–H groups in total. The molecule has 1 saturated heterocycles. The molecule has 0 bridgehead atoms. The quantitative estimate of drug-likeness (QED) is 0.583. The molecule has 0 amide bonds. The van der Waals surface area contributed by atoms with Crippen LogP contribution in [-0.2, 0) is 20.7 Å². The highest BCUT2D eigenvalue weighted by atomic mass is 16.7. The summed E-state index contributed by atoms with van der Waals surface area (Å²) in [6.07, 6.45) is 3.01. The van der Waals surface area contributed by atoms with Gasteiger partial charge < -0.3 is 14.0 Å². The SMILES string of the molecule is C/C(=C\CCOCc1ccccc1)B1OC(C)(C)C(C)(C)O1. The Kier molecular flexibility index (Phi) is 5.48. The van der Waals surface area contributed by atoms with Crippen LogP contribution in [0.5, 0.6) is 0 Å². The molecule has 1 aliphatic heterocycles. The molecule has 1 aromatic rings. The molecule has 4 heteroatoms. The highest BCUT2D eigenvalue weighted by Crippen LogP contribution is 2.38. The summed E-state index contributed by atoms with van der Waals surface area (Å²) >= 11 is 0. The molecule has 22 heavy (non-hydrogen) atoms. The Bertz CT molecular complexity index is 492. The average Bonchev–Trinajstić information content (AvgIpc) is 2.68. The molecule has 120 valence electrons. The number of hydrogen-bond acceptors (Lipinski definition) is 3. The van der Waals surface area contributed by atoms with E-state index in [1.165, 1.54) is 5.56 Å². The maximum atomic E-state index is 6.02. The van der Waals surface area contributed by atoms with Crippen LogP contribution in [0.2, 0.25) is 0 Å². The standard InChI is InChI=1S/C18H27BO3/c1-15(19-21-17(2,3)18(4,5)22-19)10-9-13-20-14-16-11-7-6-8-12-16/h6-8,10-12H,9,13-14H2,1-5H3/b15-10+. The van der Waals surface area contributed by atoms with Gasteiger partial charge in [0.1, 0.15) is 0 Å². The third-order valence-corrected chi connectivity index (χ3v) is 4.47. The van der Waals surface area contributed by atoms with Gasteiger partial charge in [0.15, 0.2) is 0 Å². The van der Waals surface area contributed by atoms with E-state index in [4.69, 9.17) is 14.0 Å². The van der Waals surface area contributed by atoms with Crippen molar-refractivity contribution in [3.8, 4) is 0 Å². The molecule has 2 rings (SSSR count). The Labute approximate surface area is 134 Å². The number of allylic oxidation sites excluding steroid dienone is 1. The molecule has 3 nitrogen and oxygen atoms in total. The van der Waals surface area contributed by atoms with Gasteiger partial charge in [-0.25, -0.2) is 0 Å². The Morgan fingerprint density at radius 2 is 1.68 bits per heavy atom. The lowest BCUT2D eigenvalue weighted by Crippen LogP contribution is -2.41. The van der Waals surface area contributed by atoms with Crippen LogP contribution in [0.1, 0.15) is 46.6 Å². The van der Waals surface area contributed by atoms with Crippen LogP contribution in [0, 0.1) is 0 Å². The van der Waals surface area contributed by atoms with Crippen molar-refractivity contribution in [2.45, 2.75) is 58.8 Å². The van der Waals surface area contributed by atoms with Gasteiger partial charge in [-0.3, -0.25) is 0 Å². The number of ether oxygens (including phenoxy) is 1. The fourth-order valence-electron chi connectivity index (χ4n) is 2.26. The Morgan fingerprint density at radius 3 is 2.27 bits per heavy atom. The highest BCUT2D eigenvalue weighted by molar-refractivity contribution is 6.54. The summed E-state index contributed by atoms with van der Waals surface area (Å²) in [5.74, 6) is 0. The van der Waals surface area contributed by atoms with E-state index in [0.29, 0.717) is 13.2 Å². The molecule has 0 saturated carbocycles. The van der Waals surface area contributed by atoms with Gasteiger partial charge in [-0.1, -0.05) is 36.4 Å². The van der Waals surface area contributed by atoms with Gasteiger partial charge in [-0.05, 0) is 52.1 Å². The monoisotopic (exact) mass is 302 g/mol. The van der Waals surface area contributed by atoms with Gasteiger partial charge in [0.05, 0.1) is 24.4 Å². The van der Waals surface area contributed by atoms with Gasteiger partial charge in [-0.2, -0.15) is 0 Å². The first-order valence-electron chi connectivity index (χ1n) is 7.96. The summed E-state index contributed by atoms with van der Waals surface area (Å²) in [6, 6.07) is 10.2. The van der Waals surface area contributed by atoms with Crippen LogP contribution >= 0.6 is 0 Å². The highest BCUT2D eigenvalue weighted by Gasteiger charge is 2.51. The predicted octanol–water partition coefficient (Wildman–Crippen LogP) is 4.17. The number of hydrogen-bond donors (Lipinski definition) is 0. The van der Waals surface area contributed by atoms with E-state index >= 15 is 0 Å². The molecule has 1 aliphatic rings. The van der Waals surface area contributed by atoms with E-state index in [-0.39, 0.29) is 18.3 Å². The summed E-state index contributed by atoms with van der Waals surface area (Å²) in [6.45, 7) is 11.7. The smallest absolute Gasteiger partial charge is 0.400 e. The first-order chi connectivity index (χ1) is 10.3. The van der Waals surface area contributed by atoms with Gasteiger partial charge >= 0.3 is 7.12 Å². The third kappa shape index (κ3) is 4.22. The molecule has 0 atom stereocenters.